The Kier molecular flexibility index (Phi) is 5.18. The Morgan fingerprint density at radius 1 is 1.35 bits per heavy atom. The van der Waals surface area contributed by atoms with Gasteiger partial charge in [-0.15, -0.1) is 0 Å². The number of aromatic nitrogens is 1. The van der Waals surface area contributed by atoms with E-state index in [2.05, 4.69) is 17.2 Å². The van der Waals surface area contributed by atoms with Gasteiger partial charge in [0, 0.05) is 18.5 Å². The number of benzene rings is 1. The topological polar surface area (TPSA) is 47.3 Å². The minimum atomic E-state index is 0.163. The van der Waals surface area contributed by atoms with Crippen LogP contribution in [0.3, 0.4) is 0 Å². The van der Waals surface area contributed by atoms with Gasteiger partial charge in [-0.05, 0) is 32.5 Å². The molecule has 2 rings (SSSR count). The van der Waals surface area contributed by atoms with Crippen LogP contribution in [0.15, 0.2) is 34.9 Å². The Morgan fingerprint density at radius 3 is 2.95 bits per heavy atom. The van der Waals surface area contributed by atoms with Crippen LogP contribution in [0, 0.1) is 0 Å². The lowest BCUT2D eigenvalue weighted by atomic mass is 10.2. The Hall–Kier alpha value is -1.81. The SMILES string of the molecule is CCNCCc1ncc(-c2cccc(OC(C)C)c2)o1. The maximum absolute atomic E-state index is 5.77. The molecule has 108 valence electrons. The van der Waals surface area contributed by atoms with Gasteiger partial charge >= 0.3 is 0 Å². The summed E-state index contributed by atoms with van der Waals surface area (Å²) in [6.45, 7) is 7.95. The summed E-state index contributed by atoms with van der Waals surface area (Å²) in [6, 6.07) is 7.90. The van der Waals surface area contributed by atoms with Gasteiger partial charge in [0.05, 0.1) is 12.3 Å². The molecule has 0 bridgehead atoms. The highest BCUT2D eigenvalue weighted by Crippen LogP contribution is 2.25. The smallest absolute Gasteiger partial charge is 0.196 e. The zero-order valence-corrected chi connectivity index (χ0v) is 12.3. The lowest BCUT2D eigenvalue weighted by Crippen LogP contribution is -2.16. The maximum Gasteiger partial charge on any atom is 0.196 e. The summed E-state index contributed by atoms with van der Waals surface area (Å²) in [4.78, 5) is 4.31. The van der Waals surface area contributed by atoms with Crippen molar-refractivity contribution in [2.24, 2.45) is 0 Å². The first-order valence-corrected chi connectivity index (χ1v) is 7.11. The van der Waals surface area contributed by atoms with Gasteiger partial charge in [0.2, 0.25) is 0 Å². The molecule has 4 heteroatoms. The molecule has 4 nitrogen and oxygen atoms in total. The number of oxazole rings is 1. The van der Waals surface area contributed by atoms with Crippen molar-refractivity contribution >= 4 is 0 Å². The summed E-state index contributed by atoms with van der Waals surface area (Å²) >= 11 is 0. The highest BCUT2D eigenvalue weighted by atomic mass is 16.5. The van der Waals surface area contributed by atoms with E-state index in [4.69, 9.17) is 9.15 Å². The molecular weight excluding hydrogens is 252 g/mol. The van der Waals surface area contributed by atoms with Gasteiger partial charge in [-0.2, -0.15) is 0 Å². The van der Waals surface area contributed by atoms with Crippen molar-refractivity contribution in [3.8, 4) is 17.1 Å². The molecule has 0 spiro atoms. The van der Waals surface area contributed by atoms with Gasteiger partial charge in [-0.3, -0.25) is 0 Å². The second-order valence-electron chi connectivity index (χ2n) is 4.92. The first-order chi connectivity index (χ1) is 9.69. The van der Waals surface area contributed by atoms with E-state index in [0.717, 1.165) is 42.5 Å². The molecule has 1 aromatic carbocycles. The normalized spacial score (nSPS) is 11.0. The number of rotatable bonds is 7. The van der Waals surface area contributed by atoms with E-state index in [-0.39, 0.29) is 6.10 Å². The van der Waals surface area contributed by atoms with Crippen molar-refractivity contribution in [2.45, 2.75) is 33.3 Å². The minimum absolute atomic E-state index is 0.163. The predicted molar refractivity (Wildman–Crippen MR) is 80.0 cm³/mol. The fourth-order valence-corrected chi connectivity index (χ4v) is 1.93. The van der Waals surface area contributed by atoms with Gasteiger partial charge in [0.1, 0.15) is 5.75 Å². The zero-order valence-electron chi connectivity index (χ0n) is 12.3. The van der Waals surface area contributed by atoms with Crippen LogP contribution < -0.4 is 10.1 Å². The molecule has 1 aromatic heterocycles. The summed E-state index contributed by atoms with van der Waals surface area (Å²) in [7, 11) is 0. The lowest BCUT2D eigenvalue weighted by Gasteiger charge is -2.09. The van der Waals surface area contributed by atoms with Crippen molar-refractivity contribution in [2.75, 3.05) is 13.1 Å². The number of likely N-dealkylation sites (N-methyl/N-ethyl adjacent to an activating group) is 1. The largest absolute Gasteiger partial charge is 0.491 e. The zero-order chi connectivity index (χ0) is 14.4. The fraction of sp³-hybridized carbons (Fsp3) is 0.438. The third-order valence-corrected chi connectivity index (χ3v) is 2.81. The average molecular weight is 274 g/mol. The third-order valence-electron chi connectivity index (χ3n) is 2.81. The van der Waals surface area contributed by atoms with E-state index in [1.165, 1.54) is 0 Å². The van der Waals surface area contributed by atoms with Gasteiger partial charge in [-0.25, -0.2) is 4.98 Å². The van der Waals surface area contributed by atoms with E-state index in [0.29, 0.717) is 0 Å². The predicted octanol–water partition coefficient (Wildman–Crippen LogP) is 3.28. The Labute approximate surface area is 120 Å². The molecule has 0 fully saturated rings. The van der Waals surface area contributed by atoms with E-state index in [1.54, 1.807) is 6.20 Å². The summed E-state index contributed by atoms with van der Waals surface area (Å²) < 4.78 is 11.5. The van der Waals surface area contributed by atoms with E-state index < -0.39 is 0 Å². The van der Waals surface area contributed by atoms with Crippen molar-refractivity contribution in [3.63, 3.8) is 0 Å². The highest BCUT2D eigenvalue weighted by molar-refractivity contribution is 5.58. The number of hydrogen-bond donors (Lipinski definition) is 1. The van der Waals surface area contributed by atoms with Crippen LogP contribution in [-0.4, -0.2) is 24.2 Å². The molecule has 0 aliphatic carbocycles. The molecule has 0 aliphatic heterocycles. The van der Waals surface area contributed by atoms with Crippen molar-refractivity contribution in [3.05, 3.63) is 36.4 Å². The number of nitrogens with zero attached hydrogens (tertiary/aromatic N) is 1. The molecule has 20 heavy (non-hydrogen) atoms. The van der Waals surface area contributed by atoms with Crippen LogP contribution in [-0.2, 0) is 6.42 Å². The summed E-state index contributed by atoms with van der Waals surface area (Å²) in [6.07, 6.45) is 2.74. The average Bonchev–Trinajstić information content (AvgIpc) is 2.87. The highest BCUT2D eigenvalue weighted by Gasteiger charge is 2.07. The molecule has 0 aliphatic rings. The summed E-state index contributed by atoms with van der Waals surface area (Å²) in [5, 5.41) is 3.26. The van der Waals surface area contributed by atoms with Gasteiger partial charge < -0.3 is 14.5 Å². The van der Waals surface area contributed by atoms with Gasteiger partial charge in [-0.1, -0.05) is 19.1 Å². The summed E-state index contributed by atoms with van der Waals surface area (Å²) in [5.41, 5.74) is 0.991. The molecule has 0 unspecified atom stereocenters. The van der Waals surface area contributed by atoms with Crippen LogP contribution in [0.25, 0.3) is 11.3 Å². The first kappa shape index (κ1) is 14.6. The third kappa shape index (κ3) is 4.10. The lowest BCUT2D eigenvalue weighted by molar-refractivity contribution is 0.242. The molecule has 2 aromatic rings. The van der Waals surface area contributed by atoms with Crippen molar-refractivity contribution in [1.82, 2.24) is 10.3 Å². The second kappa shape index (κ2) is 7.10. The van der Waals surface area contributed by atoms with Crippen LogP contribution >= 0.6 is 0 Å². The summed E-state index contributed by atoms with van der Waals surface area (Å²) in [5.74, 6) is 2.39. The Bertz CT molecular complexity index is 535. The minimum Gasteiger partial charge on any atom is -0.491 e. The fourth-order valence-electron chi connectivity index (χ4n) is 1.93. The van der Waals surface area contributed by atoms with E-state index in [1.807, 2.05) is 38.1 Å². The molecular formula is C16H22N2O2. The standard InChI is InChI=1S/C16H22N2O2/c1-4-17-9-8-16-18-11-15(20-16)13-6-5-7-14(10-13)19-12(2)3/h5-7,10-12,17H,4,8-9H2,1-3H3. The quantitative estimate of drug-likeness (QED) is 0.787. The van der Waals surface area contributed by atoms with Gasteiger partial charge in [0.25, 0.3) is 0 Å². The first-order valence-electron chi connectivity index (χ1n) is 7.11. The van der Waals surface area contributed by atoms with Crippen molar-refractivity contribution in [1.29, 1.82) is 0 Å². The van der Waals surface area contributed by atoms with Crippen LogP contribution in [0.5, 0.6) is 5.75 Å². The van der Waals surface area contributed by atoms with Gasteiger partial charge in [0.15, 0.2) is 11.7 Å². The maximum atomic E-state index is 5.77. The molecule has 0 radical (unpaired) electrons. The monoisotopic (exact) mass is 274 g/mol. The Morgan fingerprint density at radius 2 is 2.20 bits per heavy atom. The number of nitrogens with one attached hydrogen (secondary N) is 1. The van der Waals surface area contributed by atoms with E-state index >= 15 is 0 Å². The van der Waals surface area contributed by atoms with Crippen LogP contribution in [0.2, 0.25) is 0 Å². The molecule has 1 N–H and O–H groups in total. The van der Waals surface area contributed by atoms with Crippen LogP contribution in [0.4, 0.5) is 0 Å². The van der Waals surface area contributed by atoms with Crippen LogP contribution in [0.1, 0.15) is 26.7 Å². The number of hydrogen-bond acceptors (Lipinski definition) is 4. The number of ether oxygens (including phenoxy) is 1. The molecule has 0 saturated carbocycles. The Balaban J connectivity index is 2.07. The molecule has 0 saturated heterocycles. The molecule has 0 amide bonds. The molecule has 1 heterocycles. The van der Waals surface area contributed by atoms with Crippen molar-refractivity contribution < 1.29 is 9.15 Å². The molecule has 0 atom stereocenters. The second-order valence-corrected chi connectivity index (χ2v) is 4.92. The van der Waals surface area contributed by atoms with E-state index in [9.17, 15) is 0 Å².